The average Bonchev–Trinajstić information content (AvgIpc) is 2.41. The van der Waals surface area contributed by atoms with E-state index in [0.717, 1.165) is 21.8 Å². The fraction of sp³-hybridized carbons (Fsp3) is 0.667. The molecule has 0 radical (unpaired) electrons. The second-order valence-corrected chi connectivity index (χ2v) is 8.79. The smallest absolute Gasteiger partial charge is 0.0449 e. The van der Waals surface area contributed by atoms with Crippen molar-refractivity contribution in [1.29, 1.82) is 0 Å². The van der Waals surface area contributed by atoms with Crippen molar-refractivity contribution in [3.8, 4) is 0 Å². The van der Waals surface area contributed by atoms with E-state index in [1.165, 1.54) is 24.8 Å². The lowest BCUT2D eigenvalue weighted by Crippen LogP contribution is -2.42. The minimum absolute atomic E-state index is 0.403. The Bertz CT molecular complexity index is 481. The van der Waals surface area contributed by atoms with Crippen LogP contribution < -0.4 is 5.32 Å². The lowest BCUT2D eigenvalue weighted by atomic mass is 9.66. The van der Waals surface area contributed by atoms with Crippen LogP contribution in [0, 0.1) is 17.3 Å². The molecule has 2 rings (SSSR count). The molecule has 1 fully saturated rings. The van der Waals surface area contributed by atoms with Crippen molar-refractivity contribution in [3.05, 3.63) is 33.3 Å². The fourth-order valence-corrected chi connectivity index (χ4v) is 4.38. The third-order valence-corrected chi connectivity index (χ3v) is 5.92. The van der Waals surface area contributed by atoms with Crippen molar-refractivity contribution in [3.63, 3.8) is 0 Å². The summed E-state index contributed by atoms with van der Waals surface area (Å²) in [7, 11) is 2.10. The number of nitrogens with one attached hydrogen (secondary N) is 1. The first-order chi connectivity index (χ1) is 9.81. The van der Waals surface area contributed by atoms with Crippen LogP contribution in [-0.4, -0.2) is 13.1 Å². The highest BCUT2D eigenvalue weighted by Gasteiger charge is 2.35. The first-order valence-electron chi connectivity index (χ1n) is 7.92. The standard InChI is InChI=1S/C18H27BrClN/c1-18(2,3)14-6-8-17(21-4)13(10-14)9-12-5-7-15(19)11-16(12)20/h5,7,11,13-14,17,21H,6,8-10H2,1-4H3. The minimum atomic E-state index is 0.403. The van der Waals surface area contributed by atoms with Gasteiger partial charge < -0.3 is 5.32 Å². The Hall–Kier alpha value is -0.0500. The maximum Gasteiger partial charge on any atom is 0.0449 e. The Morgan fingerprint density at radius 2 is 2.00 bits per heavy atom. The molecule has 1 nitrogen and oxygen atoms in total. The average molecular weight is 373 g/mol. The van der Waals surface area contributed by atoms with Gasteiger partial charge >= 0.3 is 0 Å². The highest BCUT2D eigenvalue weighted by atomic mass is 79.9. The van der Waals surface area contributed by atoms with E-state index >= 15 is 0 Å². The van der Waals surface area contributed by atoms with Crippen molar-refractivity contribution >= 4 is 27.5 Å². The van der Waals surface area contributed by atoms with Crippen LogP contribution in [-0.2, 0) is 6.42 Å². The van der Waals surface area contributed by atoms with Gasteiger partial charge in [-0.2, -0.15) is 0 Å². The molecule has 1 N–H and O–H groups in total. The zero-order valence-corrected chi connectivity index (χ0v) is 15.9. The maximum absolute atomic E-state index is 6.42. The summed E-state index contributed by atoms with van der Waals surface area (Å²) < 4.78 is 1.05. The Labute approximate surface area is 143 Å². The molecule has 3 unspecified atom stereocenters. The van der Waals surface area contributed by atoms with Gasteiger partial charge in [-0.1, -0.05) is 54.4 Å². The van der Waals surface area contributed by atoms with Gasteiger partial charge in [0, 0.05) is 15.5 Å². The second-order valence-electron chi connectivity index (χ2n) is 7.47. The Balaban J connectivity index is 2.14. The lowest BCUT2D eigenvalue weighted by molar-refractivity contribution is 0.117. The Morgan fingerprint density at radius 3 is 2.57 bits per heavy atom. The summed E-state index contributed by atoms with van der Waals surface area (Å²) >= 11 is 9.90. The number of rotatable bonds is 3. The zero-order valence-electron chi connectivity index (χ0n) is 13.5. The predicted octanol–water partition coefficient (Wildman–Crippen LogP) is 5.70. The molecular formula is C18H27BrClN. The third-order valence-electron chi connectivity index (χ3n) is 5.08. The number of hydrogen-bond acceptors (Lipinski definition) is 1. The van der Waals surface area contributed by atoms with Crippen LogP contribution in [0.4, 0.5) is 0 Å². The van der Waals surface area contributed by atoms with Gasteiger partial charge in [-0.05, 0) is 67.7 Å². The third kappa shape index (κ3) is 4.46. The van der Waals surface area contributed by atoms with E-state index in [9.17, 15) is 0 Å². The van der Waals surface area contributed by atoms with Crippen molar-refractivity contribution in [1.82, 2.24) is 5.32 Å². The summed E-state index contributed by atoms with van der Waals surface area (Å²) in [6.45, 7) is 7.13. The van der Waals surface area contributed by atoms with Crippen molar-refractivity contribution in [2.75, 3.05) is 7.05 Å². The largest absolute Gasteiger partial charge is 0.317 e. The summed E-state index contributed by atoms with van der Waals surface area (Å²) in [5, 5.41) is 4.41. The highest BCUT2D eigenvalue weighted by molar-refractivity contribution is 9.10. The van der Waals surface area contributed by atoms with Gasteiger partial charge in [0.15, 0.2) is 0 Å². The molecule has 0 saturated heterocycles. The molecule has 21 heavy (non-hydrogen) atoms. The first kappa shape index (κ1) is 17.3. The van der Waals surface area contributed by atoms with E-state index in [2.05, 4.69) is 61.2 Å². The van der Waals surface area contributed by atoms with Crippen LogP contribution in [0.2, 0.25) is 5.02 Å². The molecule has 1 aliphatic rings. The molecule has 1 saturated carbocycles. The summed E-state index contributed by atoms with van der Waals surface area (Å²) in [6, 6.07) is 6.89. The molecule has 0 bridgehead atoms. The van der Waals surface area contributed by atoms with E-state index in [1.54, 1.807) is 0 Å². The quantitative estimate of drug-likeness (QED) is 0.718. The van der Waals surface area contributed by atoms with Crippen LogP contribution in [0.5, 0.6) is 0 Å². The van der Waals surface area contributed by atoms with E-state index in [1.807, 2.05) is 6.07 Å². The first-order valence-corrected chi connectivity index (χ1v) is 9.09. The Morgan fingerprint density at radius 1 is 1.29 bits per heavy atom. The normalized spacial score (nSPS) is 26.9. The maximum atomic E-state index is 6.42. The van der Waals surface area contributed by atoms with Gasteiger partial charge in [-0.25, -0.2) is 0 Å². The van der Waals surface area contributed by atoms with Gasteiger partial charge in [0.25, 0.3) is 0 Å². The molecule has 0 spiro atoms. The van der Waals surface area contributed by atoms with Gasteiger partial charge in [0.1, 0.15) is 0 Å². The van der Waals surface area contributed by atoms with Gasteiger partial charge in [-0.3, -0.25) is 0 Å². The summed E-state index contributed by atoms with van der Waals surface area (Å²) in [4.78, 5) is 0. The second kappa shape index (κ2) is 7.02. The SMILES string of the molecule is CNC1CCC(C(C)(C)C)CC1Cc1ccc(Br)cc1Cl. The van der Waals surface area contributed by atoms with Crippen LogP contribution in [0.25, 0.3) is 0 Å². The van der Waals surface area contributed by atoms with Crippen molar-refractivity contribution < 1.29 is 0 Å². The molecule has 3 atom stereocenters. The Kier molecular flexibility index (Phi) is 5.78. The number of halogens is 2. The molecule has 1 aromatic carbocycles. The van der Waals surface area contributed by atoms with E-state index in [4.69, 9.17) is 11.6 Å². The molecular weight excluding hydrogens is 346 g/mol. The summed E-state index contributed by atoms with van der Waals surface area (Å²) in [6.07, 6.45) is 4.97. The minimum Gasteiger partial charge on any atom is -0.317 e. The topological polar surface area (TPSA) is 12.0 Å². The predicted molar refractivity (Wildman–Crippen MR) is 96.0 cm³/mol. The molecule has 118 valence electrons. The van der Waals surface area contributed by atoms with E-state index in [0.29, 0.717) is 17.4 Å². The lowest BCUT2D eigenvalue weighted by Gasteiger charge is -2.42. The molecule has 3 heteroatoms. The number of hydrogen-bond donors (Lipinski definition) is 1. The molecule has 0 amide bonds. The highest BCUT2D eigenvalue weighted by Crippen LogP contribution is 2.41. The van der Waals surface area contributed by atoms with Crippen LogP contribution in [0.15, 0.2) is 22.7 Å². The monoisotopic (exact) mass is 371 g/mol. The summed E-state index contributed by atoms with van der Waals surface area (Å²) in [5.41, 5.74) is 1.68. The molecule has 0 aromatic heterocycles. The van der Waals surface area contributed by atoms with Crippen LogP contribution in [0.1, 0.15) is 45.6 Å². The molecule has 1 aliphatic carbocycles. The van der Waals surface area contributed by atoms with Gasteiger partial charge in [-0.15, -0.1) is 0 Å². The van der Waals surface area contributed by atoms with Crippen LogP contribution >= 0.6 is 27.5 Å². The molecule has 0 aliphatic heterocycles. The van der Waals surface area contributed by atoms with Gasteiger partial charge in [0.2, 0.25) is 0 Å². The van der Waals surface area contributed by atoms with Crippen LogP contribution in [0.3, 0.4) is 0 Å². The number of benzene rings is 1. The zero-order chi connectivity index (χ0) is 15.6. The fourth-order valence-electron chi connectivity index (χ4n) is 3.63. The van der Waals surface area contributed by atoms with E-state index in [-0.39, 0.29) is 0 Å². The summed E-state index contributed by atoms with van der Waals surface area (Å²) in [5.74, 6) is 1.48. The van der Waals surface area contributed by atoms with Crippen molar-refractivity contribution in [2.24, 2.45) is 17.3 Å². The van der Waals surface area contributed by atoms with E-state index < -0.39 is 0 Å². The molecule has 1 aromatic rings. The molecule has 0 heterocycles. The van der Waals surface area contributed by atoms with Gasteiger partial charge in [0.05, 0.1) is 0 Å². The van der Waals surface area contributed by atoms with Crippen molar-refractivity contribution in [2.45, 2.75) is 52.5 Å².